The molecule has 0 saturated heterocycles. The van der Waals surface area contributed by atoms with Gasteiger partial charge in [0, 0.05) is 19.3 Å². The van der Waals surface area contributed by atoms with Crippen molar-refractivity contribution in [2.75, 3.05) is 13.2 Å². The molecule has 0 aromatic rings. The largest absolute Gasteiger partial charge is 0.462 e. The Hall–Kier alpha value is -3.93. The number of rotatable bonds is 51. The molecule has 0 saturated carbocycles. The first-order chi connectivity index (χ1) is 34.5. The van der Waals surface area contributed by atoms with Crippen LogP contribution in [0.2, 0.25) is 0 Å². The normalized spacial score (nSPS) is 12.9. The van der Waals surface area contributed by atoms with Gasteiger partial charge in [-0.2, -0.15) is 0 Å². The summed E-state index contributed by atoms with van der Waals surface area (Å²) in [6, 6.07) is 0. The van der Waals surface area contributed by atoms with E-state index in [-0.39, 0.29) is 31.1 Å². The lowest BCUT2D eigenvalue weighted by molar-refractivity contribution is -0.167. The van der Waals surface area contributed by atoms with Gasteiger partial charge in [-0.3, -0.25) is 14.4 Å². The monoisotopic (exact) mass is 971 g/mol. The topological polar surface area (TPSA) is 78.9 Å². The highest BCUT2D eigenvalue weighted by Crippen LogP contribution is 2.14. The van der Waals surface area contributed by atoms with Gasteiger partial charge in [-0.1, -0.05) is 226 Å². The Morgan fingerprint density at radius 2 is 0.571 bits per heavy atom. The van der Waals surface area contributed by atoms with Crippen LogP contribution in [0.15, 0.2) is 109 Å². The van der Waals surface area contributed by atoms with E-state index in [1.807, 2.05) is 0 Å². The summed E-state index contributed by atoms with van der Waals surface area (Å²) in [4.78, 5) is 38.1. The second-order valence-electron chi connectivity index (χ2n) is 18.8. The van der Waals surface area contributed by atoms with Gasteiger partial charge in [-0.15, -0.1) is 0 Å². The molecule has 398 valence electrons. The van der Waals surface area contributed by atoms with Gasteiger partial charge in [0.15, 0.2) is 6.10 Å². The van der Waals surface area contributed by atoms with E-state index in [4.69, 9.17) is 14.2 Å². The first kappa shape index (κ1) is 66.1. The zero-order chi connectivity index (χ0) is 50.7. The first-order valence-electron chi connectivity index (χ1n) is 28.9. The number of hydrogen-bond donors (Lipinski definition) is 0. The Kier molecular flexibility index (Phi) is 54.4. The third kappa shape index (κ3) is 55.0. The Morgan fingerprint density at radius 3 is 0.929 bits per heavy atom. The fraction of sp³-hybridized carbons (Fsp3) is 0.672. The van der Waals surface area contributed by atoms with Crippen LogP contribution in [0.1, 0.15) is 258 Å². The number of esters is 3. The minimum atomic E-state index is -0.798. The first-order valence-corrected chi connectivity index (χ1v) is 28.9. The minimum Gasteiger partial charge on any atom is -0.462 e. The van der Waals surface area contributed by atoms with E-state index in [9.17, 15) is 14.4 Å². The third-order valence-corrected chi connectivity index (χ3v) is 12.0. The molecule has 0 aromatic heterocycles. The van der Waals surface area contributed by atoms with Crippen molar-refractivity contribution in [1.82, 2.24) is 0 Å². The van der Waals surface area contributed by atoms with Crippen molar-refractivity contribution in [3.8, 4) is 0 Å². The molecule has 0 aliphatic heterocycles. The van der Waals surface area contributed by atoms with Gasteiger partial charge in [0.1, 0.15) is 13.2 Å². The summed E-state index contributed by atoms with van der Waals surface area (Å²) in [5.74, 6) is -0.938. The van der Waals surface area contributed by atoms with Crippen LogP contribution in [0.25, 0.3) is 0 Å². The fourth-order valence-electron chi connectivity index (χ4n) is 7.63. The molecule has 0 spiro atoms. The van der Waals surface area contributed by atoms with Crippen molar-refractivity contribution in [3.05, 3.63) is 109 Å². The Balaban J connectivity index is 4.41. The van der Waals surface area contributed by atoms with Crippen molar-refractivity contribution in [3.63, 3.8) is 0 Å². The van der Waals surface area contributed by atoms with E-state index in [1.54, 1.807) is 0 Å². The van der Waals surface area contributed by atoms with Gasteiger partial charge in [-0.25, -0.2) is 0 Å². The molecule has 1 unspecified atom stereocenters. The van der Waals surface area contributed by atoms with Crippen molar-refractivity contribution in [2.45, 2.75) is 264 Å². The average molecular weight is 972 g/mol. The highest BCUT2D eigenvalue weighted by atomic mass is 16.6. The van der Waals surface area contributed by atoms with Gasteiger partial charge in [0.05, 0.1) is 0 Å². The predicted molar refractivity (Wildman–Crippen MR) is 302 cm³/mol. The number of allylic oxidation sites excluding steroid dienone is 18. The molecule has 0 fully saturated rings. The van der Waals surface area contributed by atoms with E-state index in [0.717, 1.165) is 135 Å². The van der Waals surface area contributed by atoms with Crippen molar-refractivity contribution >= 4 is 17.9 Å². The number of carbonyl (C=O) groups excluding carboxylic acids is 3. The molecule has 0 aliphatic rings. The lowest BCUT2D eigenvalue weighted by atomic mass is 10.1. The van der Waals surface area contributed by atoms with E-state index >= 15 is 0 Å². The third-order valence-electron chi connectivity index (χ3n) is 12.0. The highest BCUT2D eigenvalue weighted by Gasteiger charge is 2.19. The summed E-state index contributed by atoms with van der Waals surface area (Å²) in [5, 5.41) is 0. The number of ether oxygens (including phenoxy) is 3. The summed E-state index contributed by atoms with van der Waals surface area (Å²) >= 11 is 0. The molecule has 0 radical (unpaired) electrons. The van der Waals surface area contributed by atoms with E-state index in [0.29, 0.717) is 19.3 Å². The molecule has 0 aliphatic carbocycles. The number of unbranched alkanes of at least 4 members (excludes halogenated alkanes) is 22. The number of hydrogen-bond acceptors (Lipinski definition) is 6. The standard InChI is InChI=1S/C64H106O6/c1-4-7-10-13-16-19-22-24-26-28-30-31-32-33-34-36-37-39-42-45-48-51-54-57-63(66)69-60-61(59-68-62(65)56-53-50-47-44-41-21-18-15-12-9-6-3)70-64(67)58-55-52-49-46-43-40-38-35-29-27-25-23-20-17-14-11-8-5-2/h7,10,15-16,18-20,23-24,26-27,29-31,33-34,37,39,61H,4-6,8-9,11-14,17,21-22,25,28,32,35-36,38,40-60H2,1-3H3/b10-7-,18-15-,19-16-,23-20-,26-24-,29-27-,31-30-,34-33-,39-37-. The van der Waals surface area contributed by atoms with Crippen LogP contribution >= 0.6 is 0 Å². The molecular formula is C64H106O6. The molecule has 70 heavy (non-hydrogen) atoms. The SMILES string of the molecule is CC/C=C\C/C=C\C/C=C\C/C=C\C/C=C\C/C=C\CCCCCCC(=O)OCC(COC(=O)CCCCCCC/C=C\CCCC)OC(=O)CCCCCCCCC/C=C\C/C=C\CCCCCC. The maximum absolute atomic E-state index is 12.9. The summed E-state index contributed by atoms with van der Waals surface area (Å²) in [6.07, 6.45) is 77.9. The van der Waals surface area contributed by atoms with Gasteiger partial charge in [-0.05, 0) is 122 Å². The summed E-state index contributed by atoms with van der Waals surface area (Å²) < 4.78 is 16.8. The molecule has 0 rings (SSSR count). The van der Waals surface area contributed by atoms with Gasteiger partial charge < -0.3 is 14.2 Å². The zero-order valence-corrected chi connectivity index (χ0v) is 45.5. The van der Waals surface area contributed by atoms with Gasteiger partial charge >= 0.3 is 17.9 Å². The van der Waals surface area contributed by atoms with Crippen LogP contribution in [0.4, 0.5) is 0 Å². The lowest BCUT2D eigenvalue weighted by Gasteiger charge is -2.18. The second kappa shape index (κ2) is 57.6. The maximum atomic E-state index is 12.9. The molecule has 0 N–H and O–H groups in total. The number of carbonyl (C=O) groups is 3. The van der Waals surface area contributed by atoms with Crippen LogP contribution in [0.3, 0.4) is 0 Å². The van der Waals surface area contributed by atoms with E-state index in [2.05, 4.69) is 130 Å². The molecule has 0 amide bonds. The van der Waals surface area contributed by atoms with Crippen LogP contribution in [0, 0.1) is 0 Å². The molecular weight excluding hydrogens is 865 g/mol. The molecule has 6 nitrogen and oxygen atoms in total. The Morgan fingerprint density at radius 1 is 0.300 bits per heavy atom. The van der Waals surface area contributed by atoms with E-state index < -0.39 is 6.10 Å². The molecule has 0 aromatic carbocycles. The second-order valence-corrected chi connectivity index (χ2v) is 18.8. The maximum Gasteiger partial charge on any atom is 0.306 e. The van der Waals surface area contributed by atoms with Crippen molar-refractivity contribution in [1.29, 1.82) is 0 Å². The Bertz CT molecular complexity index is 1440. The fourth-order valence-corrected chi connectivity index (χ4v) is 7.63. The quantitative estimate of drug-likeness (QED) is 0.0262. The molecule has 1 atom stereocenters. The van der Waals surface area contributed by atoms with Gasteiger partial charge in [0.25, 0.3) is 0 Å². The molecule has 6 heteroatoms. The van der Waals surface area contributed by atoms with Gasteiger partial charge in [0.2, 0.25) is 0 Å². The molecule has 0 bridgehead atoms. The van der Waals surface area contributed by atoms with Crippen LogP contribution in [-0.2, 0) is 28.6 Å². The molecule has 0 heterocycles. The summed E-state index contributed by atoms with van der Waals surface area (Å²) in [7, 11) is 0. The van der Waals surface area contributed by atoms with Crippen molar-refractivity contribution < 1.29 is 28.6 Å². The zero-order valence-electron chi connectivity index (χ0n) is 45.5. The van der Waals surface area contributed by atoms with Crippen LogP contribution in [-0.4, -0.2) is 37.2 Å². The average Bonchev–Trinajstić information content (AvgIpc) is 3.36. The highest BCUT2D eigenvalue weighted by molar-refractivity contribution is 5.71. The van der Waals surface area contributed by atoms with Crippen molar-refractivity contribution in [2.24, 2.45) is 0 Å². The minimum absolute atomic E-state index is 0.0954. The Labute approximate surface area is 431 Å². The summed E-state index contributed by atoms with van der Waals surface area (Å²) in [6.45, 7) is 6.43. The van der Waals surface area contributed by atoms with E-state index in [1.165, 1.54) is 83.5 Å². The van der Waals surface area contributed by atoms with Crippen LogP contribution < -0.4 is 0 Å². The van der Waals surface area contributed by atoms with Crippen LogP contribution in [0.5, 0.6) is 0 Å². The predicted octanol–water partition coefficient (Wildman–Crippen LogP) is 19.5. The summed E-state index contributed by atoms with van der Waals surface area (Å²) in [5.41, 5.74) is 0. The lowest BCUT2D eigenvalue weighted by Crippen LogP contribution is -2.30. The smallest absolute Gasteiger partial charge is 0.306 e.